The molecule has 8 heteroatoms. The van der Waals surface area contributed by atoms with Crippen molar-refractivity contribution in [2.45, 2.75) is 19.5 Å². The Balaban J connectivity index is 1.44. The number of amides is 1. The minimum Gasteiger partial charge on any atom is -0.348 e. The lowest BCUT2D eigenvalue weighted by atomic mass is 10.0. The van der Waals surface area contributed by atoms with Crippen molar-refractivity contribution in [1.82, 2.24) is 30.0 Å². The van der Waals surface area contributed by atoms with Crippen molar-refractivity contribution >= 4 is 11.9 Å². The molecule has 0 saturated carbocycles. The second kappa shape index (κ2) is 6.68. The number of carbonyl (C=O) groups is 1. The summed E-state index contributed by atoms with van der Waals surface area (Å²) >= 11 is 0. The van der Waals surface area contributed by atoms with Crippen molar-refractivity contribution in [2.24, 2.45) is 0 Å². The van der Waals surface area contributed by atoms with Gasteiger partial charge in [-0.25, -0.2) is 9.97 Å². The first-order chi connectivity index (χ1) is 12.3. The topological polar surface area (TPSA) is 99.7 Å². The molecule has 0 radical (unpaired) electrons. The van der Waals surface area contributed by atoms with Gasteiger partial charge in [0.15, 0.2) is 0 Å². The van der Waals surface area contributed by atoms with E-state index in [1.165, 1.54) is 5.56 Å². The van der Waals surface area contributed by atoms with Gasteiger partial charge < -0.3 is 10.2 Å². The predicted molar refractivity (Wildman–Crippen MR) is 90.6 cm³/mol. The smallest absolute Gasteiger partial charge is 0.255 e. The maximum absolute atomic E-state index is 12.5. The molecule has 0 aliphatic carbocycles. The van der Waals surface area contributed by atoms with Gasteiger partial charge in [-0.1, -0.05) is 0 Å². The van der Waals surface area contributed by atoms with Crippen LogP contribution < -0.4 is 5.32 Å². The molecule has 1 amide bonds. The fraction of sp³-hybridized carbons (Fsp3) is 0.235. The van der Waals surface area contributed by atoms with Crippen LogP contribution in [-0.4, -0.2) is 42.5 Å². The predicted octanol–water partition coefficient (Wildman–Crippen LogP) is 1.41. The number of nitrogens with one attached hydrogen (secondary N) is 2. The van der Waals surface area contributed by atoms with Gasteiger partial charge in [0.05, 0.1) is 30.0 Å². The Kier molecular flexibility index (Phi) is 4.07. The number of anilines is 1. The first-order valence-corrected chi connectivity index (χ1v) is 8.06. The zero-order valence-corrected chi connectivity index (χ0v) is 13.5. The molecule has 0 spiro atoms. The highest BCUT2D eigenvalue weighted by atomic mass is 16.2. The summed E-state index contributed by atoms with van der Waals surface area (Å²) in [6, 6.07) is 5.33. The van der Waals surface area contributed by atoms with E-state index in [1.807, 2.05) is 4.90 Å². The Morgan fingerprint density at radius 3 is 2.92 bits per heavy atom. The third-order valence-electron chi connectivity index (χ3n) is 4.19. The molecule has 0 atom stereocenters. The Labute approximate surface area is 144 Å². The lowest BCUT2D eigenvalue weighted by Gasteiger charge is -2.27. The minimum atomic E-state index is -0.00860. The zero-order chi connectivity index (χ0) is 17.1. The Morgan fingerprint density at radius 2 is 2.12 bits per heavy atom. The molecule has 1 aliphatic heterocycles. The molecular formula is C17H17N7O. The molecule has 25 heavy (non-hydrogen) atoms. The first kappa shape index (κ1) is 15.3. The number of H-pyrrole nitrogens is 1. The van der Waals surface area contributed by atoms with Crippen LogP contribution in [0.2, 0.25) is 0 Å². The van der Waals surface area contributed by atoms with E-state index < -0.39 is 0 Å². The second-order valence-electron chi connectivity index (χ2n) is 5.77. The van der Waals surface area contributed by atoms with Crippen LogP contribution in [0.4, 0.5) is 5.95 Å². The van der Waals surface area contributed by atoms with Gasteiger partial charge in [0.2, 0.25) is 5.95 Å². The highest BCUT2D eigenvalue weighted by Crippen LogP contribution is 2.22. The van der Waals surface area contributed by atoms with Gasteiger partial charge >= 0.3 is 0 Å². The first-order valence-electron chi connectivity index (χ1n) is 8.06. The summed E-state index contributed by atoms with van der Waals surface area (Å²) in [5.41, 5.74) is 3.69. The highest BCUT2D eigenvalue weighted by Gasteiger charge is 2.25. The molecular weight excluding hydrogens is 318 g/mol. The van der Waals surface area contributed by atoms with E-state index in [-0.39, 0.29) is 5.91 Å². The molecule has 0 bridgehead atoms. The van der Waals surface area contributed by atoms with Crippen LogP contribution in [0.3, 0.4) is 0 Å². The molecule has 0 unspecified atom stereocenters. The van der Waals surface area contributed by atoms with Gasteiger partial charge in [0.1, 0.15) is 0 Å². The maximum Gasteiger partial charge on any atom is 0.255 e. The summed E-state index contributed by atoms with van der Waals surface area (Å²) in [6.45, 7) is 1.74. The van der Waals surface area contributed by atoms with Gasteiger partial charge in [-0.05, 0) is 24.6 Å². The van der Waals surface area contributed by atoms with Crippen LogP contribution in [-0.2, 0) is 19.5 Å². The fourth-order valence-electron chi connectivity index (χ4n) is 2.93. The molecule has 0 saturated heterocycles. The lowest BCUT2D eigenvalue weighted by molar-refractivity contribution is 0.0732. The normalized spacial score (nSPS) is 13.4. The average molecular weight is 335 g/mol. The van der Waals surface area contributed by atoms with E-state index in [1.54, 1.807) is 43.0 Å². The summed E-state index contributed by atoms with van der Waals surface area (Å²) in [4.78, 5) is 26.7. The number of pyridine rings is 1. The highest BCUT2D eigenvalue weighted by molar-refractivity contribution is 5.94. The van der Waals surface area contributed by atoms with E-state index in [0.717, 1.165) is 17.8 Å². The second-order valence-corrected chi connectivity index (χ2v) is 5.77. The average Bonchev–Trinajstić information content (AvgIpc) is 3.09. The van der Waals surface area contributed by atoms with Gasteiger partial charge in [-0.3, -0.25) is 14.9 Å². The zero-order valence-electron chi connectivity index (χ0n) is 13.5. The number of fused-ring (bicyclic) bond motifs is 1. The lowest BCUT2D eigenvalue weighted by Crippen LogP contribution is -2.36. The summed E-state index contributed by atoms with van der Waals surface area (Å²) in [7, 11) is 0. The fourth-order valence-corrected chi connectivity index (χ4v) is 2.93. The van der Waals surface area contributed by atoms with Crippen molar-refractivity contribution in [2.75, 3.05) is 11.9 Å². The van der Waals surface area contributed by atoms with Crippen LogP contribution in [0.1, 0.15) is 27.3 Å². The van der Waals surface area contributed by atoms with Crippen molar-refractivity contribution in [3.63, 3.8) is 0 Å². The molecule has 1 aliphatic rings. The number of hydrogen-bond acceptors (Lipinski definition) is 6. The molecule has 4 heterocycles. The number of rotatable bonds is 4. The Bertz CT molecular complexity index is 863. The van der Waals surface area contributed by atoms with Gasteiger partial charge in [0.25, 0.3) is 5.91 Å². The van der Waals surface area contributed by atoms with E-state index in [2.05, 4.69) is 30.5 Å². The van der Waals surface area contributed by atoms with Crippen LogP contribution in [0.15, 0.2) is 43.0 Å². The van der Waals surface area contributed by atoms with Crippen LogP contribution in [0, 0.1) is 0 Å². The van der Waals surface area contributed by atoms with Crippen molar-refractivity contribution < 1.29 is 4.79 Å². The van der Waals surface area contributed by atoms with E-state index >= 15 is 0 Å². The number of aromatic nitrogens is 5. The van der Waals surface area contributed by atoms with Gasteiger partial charge in [-0.15, -0.1) is 0 Å². The molecule has 0 aromatic carbocycles. The van der Waals surface area contributed by atoms with E-state index in [0.29, 0.717) is 31.1 Å². The molecule has 0 fully saturated rings. The Hall–Kier alpha value is -3.29. The van der Waals surface area contributed by atoms with Crippen LogP contribution in [0.5, 0.6) is 0 Å². The summed E-state index contributed by atoms with van der Waals surface area (Å²) in [6.07, 6.45) is 7.41. The SMILES string of the molecule is O=C(c1cccnc1)N1CCc2c(CNc3ncccn3)n[nH]c2C1. The molecule has 3 aromatic heterocycles. The molecule has 8 nitrogen and oxygen atoms in total. The monoisotopic (exact) mass is 335 g/mol. The van der Waals surface area contributed by atoms with E-state index in [4.69, 9.17) is 0 Å². The maximum atomic E-state index is 12.5. The van der Waals surface area contributed by atoms with Crippen LogP contribution >= 0.6 is 0 Å². The van der Waals surface area contributed by atoms with Crippen LogP contribution in [0.25, 0.3) is 0 Å². The van der Waals surface area contributed by atoms with Crippen molar-refractivity contribution in [1.29, 1.82) is 0 Å². The van der Waals surface area contributed by atoms with Gasteiger partial charge in [-0.2, -0.15) is 5.10 Å². The van der Waals surface area contributed by atoms with Crippen molar-refractivity contribution in [3.05, 3.63) is 65.5 Å². The third kappa shape index (κ3) is 3.18. The molecule has 3 aromatic rings. The summed E-state index contributed by atoms with van der Waals surface area (Å²) in [5.74, 6) is 0.564. The number of nitrogens with zero attached hydrogens (tertiary/aromatic N) is 5. The molecule has 4 rings (SSSR count). The molecule has 126 valence electrons. The quantitative estimate of drug-likeness (QED) is 0.748. The molecule has 2 N–H and O–H groups in total. The van der Waals surface area contributed by atoms with E-state index in [9.17, 15) is 4.79 Å². The summed E-state index contributed by atoms with van der Waals surface area (Å²) < 4.78 is 0. The summed E-state index contributed by atoms with van der Waals surface area (Å²) in [5, 5.41) is 10.6. The van der Waals surface area contributed by atoms with Crippen molar-refractivity contribution in [3.8, 4) is 0 Å². The standard InChI is InChI=1S/C17H17N7O/c25-16(12-3-1-5-18-9-12)24-8-4-13-14(22-23-15(13)11-24)10-21-17-19-6-2-7-20-17/h1-3,5-7,9H,4,8,10-11H2,(H,22,23)(H,19,20,21). The number of hydrogen-bond donors (Lipinski definition) is 2. The number of carbonyl (C=O) groups excluding carboxylic acids is 1. The Morgan fingerprint density at radius 1 is 1.24 bits per heavy atom. The minimum absolute atomic E-state index is 0.00860. The number of aromatic amines is 1. The largest absolute Gasteiger partial charge is 0.348 e. The third-order valence-corrected chi connectivity index (χ3v) is 4.19. The van der Waals surface area contributed by atoms with Gasteiger partial charge in [0, 0.05) is 36.9 Å².